The Bertz CT molecular complexity index is 444. The lowest BCUT2D eigenvalue weighted by Gasteiger charge is -2.23. The average molecular weight is 267 g/mol. The van der Waals surface area contributed by atoms with Crippen LogP contribution >= 0.6 is 0 Å². The fourth-order valence-electron chi connectivity index (χ4n) is 2.68. The molecule has 2 unspecified atom stereocenters. The first-order chi connectivity index (χ1) is 8.99. The third kappa shape index (κ3) is 3.13. The number of hydrogen-bond acceptors (Lipinski definition) is 5. The Morgan fingerprint density at radius 1 is 1.58 bits per heavy atom. The molecule has 0 bridgehead atoms. The molecule has 1 aliphatic rings. The van der Waals surface area contributed by atoms with Crippen LogP contribution in [0.3, 0.4) is 0 Å². The molecule has 0 aromatic carbocycles. The van der Waals surface area contributed by atoms with E-state index >= 15 is 0 Å². The van der Waals surface area contributed by atoms with Crippen molar-refractivity contribution in [3.05, 3.63) is 28.0 Å². The molecule has 2 atom stereocenters. The molecule has 1 aliphatic heterocycles. The summed E-state index contributed by atoms with van der Waals surface area (Å²) in [5.41, 5.74) is 0. The molecule has 1 aromatic heterocycles. The highest BCUT2D eigenvalue weighted by Crippen LogP contribution is 2.37. The van der Waals surface area contributed by atoms with Crippen molar-refractivity contribution in [1.82, 2.24) is 10.2 Å². The number of hydrogen-bond donors (Lipinski definition) is 1. The molecule has 106 valence electrons. The van der Waals surface area contributed by atoms with Crippen LogP contribution in [0.2, 0.25) is 0 Å². The first-order valence-electron chi connectivity index (χ1n) is 6.66. The molecule has 1 fully saturated rings. The summed E-state index contributed by atoms with van der Waals surface area (Å²) >= 11 is 0. The number of nitrogens with one attached hydrogen (secondary N) is 1. The Labute approximate surface area is 112 Å². The maximum atomic E-state index is 10.7. The first-order valence-corrected chi connectivity index (χ1v) is 6.66. The molecule has 0 amide bonds. The third-order valence-electron chi connectivity index (χ3n) is 3.65. The lowest BCUT2D eigenvalue weighted by atomic mass is 9.98. The maximum Gasteiger partial charge on any atom is 0.433 e. The van der Waals surface area contributed by atoms with Crippen LogP contribution in [0, 0.1) is 16.0 Å². The summed E-state index contributed by atoms with van der Waals surface area (Å²) in [6.07, 6.45) is 1.08. The molecule has 19 heavy (non-hydrogen) atoms. The van der Waals surface area contributed by atoms with E-state index in [1.54, 1.807) is 6.07 Å². The van der Waals surface area contributed by atoms with Gasteiger partial charge in [0.15, 0.2) is 0 Å². The van der Waals surface area contributed by atoms with E-state index in [2.05, 4.69) is 24.1 Å². The van der Waals surface area contributed by atoms with Crippen LogP contribution in [0.4, 0.5) is 5.88 Å². The molecule has 0 radical (unpaired) electrons. The number of nitro groups is 1. The van der Waals surface area contributed by atoms with E-state index in [0.717, 1.165) is 19.5 Å². The quantitative estimate of drug-likeness (QED) is 0.654. The smallest absolute Gasteiger partial charge is 0.404 e. The third-order valence-corrected chi connectivity index (χ3v) is 3.65. The number of likely N-dealkylation sites (tertiary alicyclic amines) is 1. The zero-order valence-corrected chi connectivity index (χ0v) is 11.6. The fourth-order valence-corrected chi connectivity index (χ4v) is 2.68. The Hall–Kier alpha value is -1.40. The summed E-state index contributed by atoms with van der Waals surface area (Å²) in [6, 6.07) is 3.74. The van der Waals surface area contributed by atoms with Gasteiger partial charge >= 0.3 is 5.88 Å². The molecule has 6 nitrogen and oxygen atoms in total. The molecule has 1 N–H and O–H groups in total. The van der Waals surface area contributed by atoms with Crippen molar-refractivity contribution < 1.29 is 9.34 Å². The monoisotopic (exact) mass is 267 g/mol. The summed E-state index contributed by atoms with van der Waals surface area (Å²) in [4.78, 5) is 12.4. The van der Waals surface area contributed by atoms with Crippen LogP contribution in [-0.2, 0) is 0 Å². The van der Waals surface area contributed by atoms with Gasteiger partial charge in [-0.25, -0.2) is 0 Å². The lowest BCUT2D eigenvalue weighted by Crippen LogP contribution is -2.32. The molecule has 0 saturated carbocycles. The Kier molecular flexibility index (Phi) is 4.21. The van der Waals surface area contributed by atoms with Crippen molar-refractivity contribution >= 4 is 5.88 Å². The van der Waals surface area contributed by atoms with Crippen LogP contribution in [-0.4, -0.2) is 36.0 Å². The van der Waals surface area contributed by atoms with E-state index in [-0.39, 0.29) is 11.9 Å². The number of furan rings is 1. The molecule has 2 rings (SSSR count). The Morgan fingerprint density at radius 3 is 2.89 bits per heavy atom. The highest BCUT2D eigenvalue weighted by molar-refractivity contribution is 5.21. The van der Waals surface area contributed by atoms with Gasteiger partial charge in [0, 0.05) is 12.6 Å². The van der Waals surface area contributed by atoms with E-state index < -0.39 is 4.92 Å². The molecule has 1 saturated heterocycles. The zero-order valence-electron chi connectivity index (χ0n) is 11.6. The summed E-state index contributed by atoms with van der Waals surface area (Å²) in [6.45, 7) is 6.13. The minimum Gasteiger partial charge on any atom is -0.404 e. The van der Waals surface area contributed by atoms with Crippen LogP contribution in [0.1, 0.15) is 32.1 Å². The van der Waals surface area contributed by atoms with Crippen molar-refractivity contribution in [3.8, 4) is 0 Å². The SMILES string of the molecule is CC(C)NCC1CCN(C)C1c1ccc([N+](=O)[O-])o1. The predicted molar refractivity (Wildman–Crippen MR) is 72.0 cm³/mol. The molecular weight excluding hydrogens is 246 g/mol. The van der Waals surface area contributed by atoms with Gasteiger partial charge in [-0.3, -0.25) is 15.0 Å². The van der Waals surface area contributed by atoms with Crippen molar-refractivity contribution in [2.24, 2.45) is 5.92 Å². The molecular formula is C13H21N3O3. The van der Waals surface area contributed by atoms with Crippen LogP contribution in [0.5, 0.6) is 0 Å². The van der Waals surface area contributed by atoms with Gasteiger partial charge in [-0.2, -0.15) is 0 Å². The molecule has 0 aliphatic carbocycles. The highest BCUT2D eigenvalue weighted by Gasteiger charge is 2.35. The van der Waals surface area contributed by atoms with Crippen molar-refractivity contribution in [2.45, 2.75) is 32.4 Å². The largest absolute Gasteiger partial charge is 0.433 e. The Balaban J connectivity index is 2.11. The van der Waals surface area contributed by atoms with E-state index in [1.807, 2.05) is 7.05 Å². The van der Waals surface area contributed by atoms with Crippen molar-refractivity contribution in [3.63, 3.8) is 0 Å². The van der Waals surface area contributed by atoms with Gasteiger partial charge < -0.3 is 9.73 Å². The van der Waals surface area contributed by atoms with Gasteiger partial charge in [0.25, 0.3) is 0 Å². The van der Waals surface area contributed by atoms with Crippen LogP contribution < -0.4 is 5.32 Å². The van der Waals surface area contributed by atoms with E-state index in [9.17, 15) is 10.1 Å². The van der Waals surface area contributed by atoms with Crippen molar-refractivity contribution in [2.75, 3.05) is 20.1 Å². The van der Waals surface area contributed by atoms with Gasteiger partial charge in [-0.15, -0.1) is 0 Å². The second-order valence-electron chi connectivity index (χ2n) is 5.47. The average Bonchev–Trinajstić information content (AvgIpc) is 2.92. The molecule has 2 heterocycles. The normalized spacial score (nSPS) is 24.2. The van der Waals surface area contributed by atoms with E-state index in [1.165, 1.54) is 6.07 Å². The van der Waals surface area contributed by atoms with Gasteiger partial charge in [0.05, 0.1) is 12.1 Å². The predicted octanol–water partition coefficient (Wildman–Crippen LogP) is 2.18. The summed E-state index contributed by atoms with van der Waals surface area (Å²) in [5, 5.41) is 14.1. The van der Waals surface area contributed by atoms with Gasteiger partial charge in [-0.1, -0.05) is 13.8 Å². The summed E-state index contributed by atoms with van der Waals surface area (Å²) < 4.78 is 5.37. The second kappa shape index (κ2) is 5.71. The highest BCUT2D eigenvalue weighted by atomic mass is 16.6. The molecule has 0 spiro atoms. The van der Waals surface area contributed by atoms with E-state index in [0.29, 0.717) is 17.7 Å². The summed E-state index contributed by atoms with van der Waals surface area (Å²) in [5.74, 6) is 0.950. The lowest BCUT2D eigenvalue weighted by molar-refractivity contribution is -0.402. The van der Waals surface area contributed by atoms with E-state index in [4.69, 9.17) is 4.42 Å². The van der Waals surface area contributed by atoms with Crippen LogP contribution in [0.15, 0.2) is 16.5 Å². The Morgan fingerprint density at radius 2 is 2.32 bits per heavy atom. The van der Waals surface area contributed by atoms with Crippen LogP contribution in [0.25, 0.3) is 0 Å². The molecule has 1 aromatic rings. The number of rotatable bonds is 5. The molecule has 6 heteroatoms. The maximum absolute atomic E-state index is 10.7. The summed E-state index contributed by atoms with van der Waals surface area (Å²) in [7, 11) is 2.04. The van der Waals surface area contributed by atoms with Gasteiger partial charge in [0.1, 0.15) is 10.7 Å². The minimum absolute atomic E-state index is 0.125. The zero-order chi connectivity index (χ0) is 14.0. The standard InChI is InChI=1S/C13H21N3O3/c1-9(2)14-8-10-6-7-15(3)13(10)11-4-5-12(19-11)16(17)18/h4-5,9-10,13-14H,6-8H2,1-3H3. The van der Waals surface area contributed by atoms with Crippen molar-refractivity contribution in [1.29, 1.82) is 0 Å². The van der Waals surface area contributed by atoms with Gasteiger partial charge in [0.2, 0.25) is 0 Å². The fraction of sp³-hybridized carbons (Fsp3) is 0.692. The minimum atomic E-state index is -0.486. The topological polar surface area (TPSA) is 71.5 Å². The number of nitrogens with zero attached hydrogens (tertiary/aromatic N) is 2. The second-order valence-corrected chi connectivity index (χ2v) is 5.47. The first kappa shape index (κ1) is 14.0. The van der Waals surface area contributed by atoms with Gasteiger partial charge in [-0.05, 0) is 32.0 Å².